The molecular weight excluding hydrogens is 354 g/mol. The van der Waals surface area contributed by atoms with Crippen LogP contribution in [0.5, 0.6) is 0 Å². The second kappa shape index (κ2) is 8.67. The summed E-state index contributed by atoms with van der Waals surface area (Å²) in [5.41, 5.74) is -0.624. The summed E-state index contributed by atoms with van der Waals surface area (Å²) < 4.78 is 11.4. The van der Waals surface area contributed by atoms with Crippen LogP contribution < -0.4 is 9.82 Å². The Morgan fingerprint density at radius 2 is 2.00 bits per heavy atom. The van der Waals surface area contributed by atoms with Gasteiger partial charge in [-0.05, 0) is 37.4 Å². The molecule has 0 saturated heterocycles. The number of methoxy groups -OCH3 is 1. The van der Waals surface area contributed by atoms with Gasteiger partial charge < -0.3 is 14.8 Å². The number of allylic oxidation sites excluding steroid dienone is 1. The van der Waals surface area contributed by atoms with Gasteiger partial charge >= 0.3 is 12.1 Å². The van der Waals surface area contributed by atoms with Crippen LogP contribution in [0, 0.1) is 0 Å². The number of carbonyl (C=O) groups is 2. The van der Waals surface area contributed by atoms with Crippen LogP contribution in [0.1, 0.15) is 25.6 Å². The van der Waals surface area contributed by atoms with Crippen molar-refractivity contribution in [3.63, 3.8) is 0 Å². The molecule has 5 nitrogen and oxygen atoms in total. The number of hydrogen-bond donors (Lipinski definition) is 1. The third kappa shape index (κ3) is 7.03. The van der Waals surface area contributed by atoms with E-state index in [-0.39, 0.29) is 0 Å². The van der Waals surface area contributed by atoms with E-state index < -0.39 is 31.8 Å². The topological polar surface area (TPSA) is 64.6 Å². The average molecular weight is 384 g/mol. The van der Waals surface area contributed by atoms with Crippen molar-refractivity contribution in [1.29, 1.82) is 0 Å². The van der Waals surface area contributed by atoms with Crippen LogP contribution >= 0.6 is 11.3 Å². The van der Waals surface area contributed by atoms with Crippen molar-refractivity contribution < 1.29 is 19.1 Å². The zero-order chi connectivity index (χ0) is 19.3. The predicted octanol–water partition coefficient (Wildman–Crippen LogP) is 3.46. The van der Waals surface area contributed by atoms with Crippen LogP contribution in [-0.4, -0.2) is 38.9 Å². The fourth-order valence-electron chi connectivity index (χ4n) is 2.30. The number of nitrogens with one attached hydrogen (secondary N) is 1. The Kier molecular flexibility index (Phi) is 7.43. The van der Waals surface area contributed by atoms with E-state index in [0.29, 0.717) is 6.42 Å². The van der Waals surface area contributed by atoms with E-state index in [1.54, 1.807) is 32.1 Å². The quantitative estimate of drug-likeness (QED) is 0.445. The number of carbonyl (C=O) groups excluding carboxylic acids is 2. The third-order valence-corrected chi connectivity index (χ3v) is 9.26. The standard InChI is InChI=1S/C18H29NO4SSi/c1-8-11-25(6,7)15-10-9-13(24-15)12-14(16(20)22-5)19-17(21)23-18(2,3)4/h8-10,14H,1,11-12H2,2-7H3,(H,19,21)/t14-/m0/s1. The fraction of sp³-hybridized carbons (Fsp3) is 0.556. The fourth-order valence-corrected chi connectivity index (χ4v) is 6.31. The first-order valence-corrected chi connectivity index (χ1v) is 12.3. The minimum absolute atomic E-state index is 0.384. The molecule has 0 aliphatic rings. The number of amides is 1. The number of alkyl carbamates (subject to hydrolysis) is 1. The second-order valence-corrected chi connectivity index (χ2v) is 13.8. The Morgan fingerprint density at radius 1 is 1.36 bits per heavy atom. The van der Waals surface area contributed by atoms with Crippen LogP contribution in [0.4, 0.5) is 4.79 Å². The van der Waals surface area contributed by atoms with Crippen molar-refractivity contribution in [2.45, 2.75) is 58.0 Å². The number of rotatable bonds is 7. The molecule has 0 aliphatic heterocycles. The summed E-state index contributed by atoms with van der Waals surface area (Å²) in [5, 5.41) is 2.61. The molecule has 0 radical (unpaired) electrons. The highest BCUT2D eigenvalue weighted by molar-refractivity contribution is 7.26. The molecule has 1 N–H and O–H groups in total. The summed E-state index contributed by atoms with van der Waals surface area (Å²) in [7, 11) is -0.225. The van der Waals surface area contributed by atoms with Crippen molar-refractivity contribution in [3.05, 3.63) is 29.7 Å². The van der Waals surface area contributed by atoms with E-state index >= 15 is 0 Å². The summed E-state index contributed by atoms with van der Waals surface area (Å²) in [6.45, 7) is 13.8. The number of hydrogen-bond acceptors (Lipinski definition) is 5. The van der Waals surface area contributed by atoms with Crippen molar-refractivity contribution in [2.24, 2.45) is 0 Å². The summed E-state index contributed by atoms with van der Waals surface area (Å²) in [5.74, 6) is -0.483. The summed E-state index contributed by atoms with van der Waals surface area (Å²) in [4.78, 5) is 25.1. The second-order valence-electron chi connectivity index (χ2n) is 7.57. The molecule has 1 amide bonds. The van der Waals surface area contributed by atoms with Crippen LogP contribution in [0.3, 0.4) is 0 Å². The Hall–Kier alpha value is -1.60. The maximum atomic E-state index is 12.0. The molecule has 140 valence electrons. The Balaban J connectivity index is 2.86. The first-order valence-electron chi connectivity index (χ1n) is 8.26. The highest BCUT2D eigenvalue weighted by Crippen LogP contribution is 2.19. The maximum absolute atomic E-state index is 12.0. The lowest BCUT2D eigenvalue weighted by molar-refractivity contribution is -0.143. The van der Waals surface area contributed by atoms with Gasteiger partial charge in [0.1, 0.15) is 11.6 Å². The molecule has 25 heavy (non-hydrogen) atoms. The molecule has 0 unspecified atom stereocenters. The summed E-state index contributed by atoms with van der Waals surface area (Å²) >= 11 is 1.69. The van der Waals surface area contributed by atoms with Gasteiger partial charge in [0.15, 0.2) is 0 Å². The largest absolute Gasteiger partial charge is 0.467 e. The smallest absolute Gasteiger partial charge is 0.408 e. The zero-order valence-corrected chi connectivity index (χ0v) is 17.8. The van der Waals surface area contributed by atoms with Crippen LogP contribution in [0.2, 0.25) is 19.1 Å². The SMILES string of the molecule is C=CC[Si](C)(C)c1ccc(C[C@H](NC(=O)OC(C)(C)C)C(=O)OC)s1. The first kappa shape index (κ1) is 21.4. The molecule has 1 heterocycles. The lowest BCUT2D eigenvalue weighted by Crippen LogP contribution is -2.45. The average Bonchev–Trinajstić information content (AvgIpc) is 2.93. The molecule has 0 spiro atoms. The lowest BCUT2D eigenvalue weighted by atomic mass is 10.2. The van der Waals surface area contributed by atoms with Gasteiger partial charge in [-0.3, -0.25) is 0 Å². The van der Waals surface area contributed by atoms with E-state index in [1.165, 1.54) is 11.6 Å². The minimum Gasteiger partial charge on any atom is -0.467 e. The number of thiophene rings is 1. The van der Waals surface area contributed by atoms with E-state index in [4.69, 9.17) is 9.47 Å². The van der Waals surface area contributed by atoms with E-state index in [2.05, 4.69) is 31.1 Å². The molecule has 7 heteroatoms. The van der Waals surface area contributed by atoms with Gasteiger partial charge in [0.05, 0.1) is 15.2 Å². The normalized spacial score (nSPS) is 13.0. The van der Waals surface area contributed by atoms with E-state index in [1.807, 2.05) is 12.1 Å². The van der Waals surface area contributed by atoms with Gasteiger partial charge in [0.25, 0.3) is 0 Å². The van der Waals surface area contributed by atoms with Gasteiger partial charge in [0.2, 0.25) is 0 Å². The van der Waals surface area contributed by atoms with Crippen LogP contribution in [0.25, 0.3) is 0 Å². The van der Waals surface area contributed by atoms with E-state index in [9.17, 15) is 9.59 Å². The van der Waals surface area contributed by atoms with Gasteiger partial charge in [-0.2, -0.15) is 0 Å². The molecule has 1 aromatic heterocycles. The molecule has 1 aromatic rings. The Bertz CT molecular complexity index is 619. The van der Waals surface area contributed by atoms with Gasteiger partial charge in [-0.15, -0.1) is 17.9 Å². The predicted molar refractivity (Wildman–Crippen MR) is 105 cm³/mol. The summed E-state index contributed by atoms with van der Waals surface area (Å²) in [6.07, 6.45) is 1.73. The minimum atomic E-state index is -1.54. The van der Waals surface area contributed by atoms with Gasteiger partial charge in [-0.25, -0.2) is 9.59 Å². The molecule has 0 aromatic carbocycles. The number of esters is 1. The van der Waals surface area contributed by atoms with Crippen molar-refractivity contribution in [1.82, 2.24) is 5.32 Å². The molecule has 0 aliphatic carbocycles. The Labute approximate surface area is 155 Å². The van der Waals surface area contributed by atoms with Crippen LogP contribution in [-0.2, 0) is 20.7 Å². The molecule has 0 bridgehead atoms. The van der Waals surface area contributed by atoms with Crippen LogP contribution in [0.15, 0.2) is 24.8 Å². The zero-order valence-electron chi connectivity index (χ0n) is 16.0. The molecule has 0 fully saturated rings. The lowest BCUT2D eigenvalue weighted by Gasteiger charge is -2.22. The highest BCUT2D eigenvalue weighted by Gasteiger charge is 2.28. The van der Waals surface area contributed by atoms with Crippen molar-refractivity contribution in [2.75, 3.05) is 7.11 Å². The monoisotopic (exact) mass is 383 g/mol. The highest BCUT2D eigenvalue weighted by atomic mass is 32.1. The number of ether oxygens (including phenoxy) is 2. The van der Waals surface area contributed by atoms with Gasteiger partial charge in [0, 0.05) is 11.3 Å². The first-order chi connectivity index (χ1) is 11.5. The molecular formula is C18H29NO4SSi. The van der Waals surface area contributed by atoms with Crippen molar-refractivity contribution in [3.8, 4) is 0 Å². The Morgan fingerprint density at radius 3 is 2.52 bits per heavy atom. The molecule has 1 atom stereocenters. The van der Waals surface area contributed by atoms with Crippen molar-refractivity contribution >= 4 is 36.0 Å². The molecule has 0 saturated carbocycles. The summed E-state index contributed by atoms with van der Waals surface area (Å²) in [6, 6.07) is 4.38. The maximum Gasteiger partial charge on any atom is 0.408 e. The van der Waals surface area contributed by atoms with Gasteiger partial charge in [-0.1, -0.05) is 25.2 Å². The third-order valence-electron chi connectivity index (χ3n) is 3.57. The molecule has 1 rings (SSSR count). The van der Waals surface area contributed by atoms with E-state index in [0.717, 1.165) is 10.9 Å².